The molecule has 86 valence electrons. The minimum absolute atomic E-state index is 0.454. The Kier molecular flexibility index (Phi) is 3.66. The van der Waals surface area contributed by atoms with Crippen molar-refractivity contribution in [3.05, 3.63) is 23.7 Å². The predicted octanol–water partition coefficient (Wildman–Crippen LogP) is 1.58. The van der Waals surface area contributed by atoms with Crippen LogP contribution in [0.5, 0.6) is 0 Å². The molecule has 1 aromatic heterocycles. The van der Waals surface area contributed by atoms with Crippen molar-refractivity contribution >= 4 is 0 Å². The lowest BCUT2D eigenvalue weighted by atomic mass is 10.2. The molecule has 2 rings (SSSR count). The molecule has 0 atom stereocenters. The number of nitrogens with two attached hydrogens (primary N) is 1. The second kappa shape index (κ2) is 5.20. The zero-order valence-corrected chi connectivity index (χ0v) is 9.48. The molecule has 0 saturated heterocycles. The van der Waals surface area contributed by atoms with Crippen molar-refractivity contribution in [1.82, 2.24) is 4.90 Å². The van der Waals surface area contributed by atoms with Crippen LogP contribution in [-0.4, -0.2) is 18.0 Å². The molecule has 1 aliphatic rings. The summed E-state index contributed by atoms with van der Waals surface area (Å²) in [5, 5.41) is 0. The van der Waals surface area contributed by atoms with E-state index in [1.54, 1.807) is 6.26 Å². The van der Waals surface area contributed by atoms with E-state index >= 15 is 0 Å². The van der Waals surface area contributed by atoms with Crippen LogP contribution in [0.4, 0.5) is 0 Å². The van der Waals surface area contributed by atoms with Crippen molar-refractivity contribution in [1.29, 1.82) is 0 Å². The van der Waals surface area contributed by atoms with Gasteiger partial charge in [-0.1, -0.05) is 5.92 Å². The Labute approximate surface area is 96.6 Å². The van der Waals surface area contributed by atoms with Crippen molar-refractivity contribution < 1.29 is 4.42 Å². The summed E-state index contributed by atoms with van der Waals surface area (Å²) in [6.07, 6.45) is 9.77. The van der Waals surface area contributed by atoms with Gasteiger partial charge in [-0.2, -0.15) is 0 Å². The van der Waals surface area contributed by atoms with Gasteiger partial charge in [-0.25, -0.2) is 0 Å². The molecule has 0 radical (unpaired) electrons. The van der Waals surface area contributed by atoms with Gasteiger partial charge in [0, 0.05) is 18.7 Å². The van der Waals surface area contributed by atoms with Crippen LogP contribution in [0, 0.1) is 18.3 Å². The lowest BCUT2D eigenvalue weighted by Crippen LogP contribution is -2.26. The molecule has 3 nitrogen and oxygen atoms in total. The molecule has 2 N–H and O–H groups in total. The van der Waals surface area contributed by atoms with Gasteiger partial charge in [0.05, 0.1) is 19.4 Å². The molecule has 0 aliphatic heterocycles. The smallest absolute Gasteiger partial charge is 0.121 e. The average Bonchev–Trinajstić information content (AvgIpc) is 2.96. The van der Waals surface area contributed by atoms with Crippen molar-refractivity contribution in [3.63, 3.8) is 0 Å². The van der Waals surface area contributed by atoms with Gasteiger partial charge < -0.3 is 10.2 Å². The Morgan fingerprint density at radius 1 is 1.56 bits per heavy atom. The zero-order valence-electron chi connectivity index (χ0n) is 9.48. The fourth-order valence-corrected chi connectivity index (χ4v) is 1.91. The Hall–Kier alpha value is -1.24. The number of furan rings is 1. The summed E-state index contributed by atoms with van der Waals surface area (Å²) < 4.78 is 5.31. The summed E-state index contributed by atoms with van der Waals surface area (Å²) in [6.45, 7) is 3.10. The number of terminal acetylenes is 1. The van der Waals surface area contributed by atoms with Crippen LogP contribution < -0.4 is 5.73 Å². The molecular formula is C13H18N2O. The van der Waals surface area contributed by atoms with E-state index in [2.05, 4.69) is 10.8 Å². The van der Waals surface area contributed by atoms with Crippen molar-refractivity contribution in [2.75, 3.05) is 13.1 Å². The SMILES string of the molecule is C#CCN(Cc1ccoc1CN)CC1CC1. The molecule has 0 amide bonds. The van der Waals surface area contributed by atoms with Gasteiger partial charge in [0.25, 0.3) is 0 Å². The van der Waals surface area contributed by atoms with Crippen molar-refractivity contribution in [3.8, 4) is 12.3 Å². The molecule has 1 fully saturated rings. The molecule has 1 saturated carbocycles. The largest absolute Gasteiger partial charge is 0.468 e. The highest BCUT2D eigenvalue weighted by Gasteiger charge is 2.24. The Morgan fingerprint density at radius 3 is 3.00 bits per heavy atom. The topological polar surface area (TPSA) is 42.4 Å². The maximum absolute atomic E-state index is 5.61. The van der Waals surface area contributed by atoms with Gasteiger partial charge in [0.2, 0.25) is 0 Å². The summed E-state index contributed by atoms with van der Waals surface area (Å²) in [7, 11) is 0. The highest BCUT2D eigenvalue weighted by molar-refractivity contribution is 5.17. The number of nitrogens with zero attached hydrogens (tertiary/aromatic N) is 1. The maximum Gasteiger partial charge on any atom is 0.121 e. The predicted molar refractivity (Wildman–Crippen MR) is 63.4 cm³/mol. The van der Waals surface area contributed by atoms with Gasteiger partial charge in [-0.05, 0) is 24.8 Å². The molecule has 1 aliphatic carbocycles. The maximum atomic E-state index is 5.61. The quantitative estimate of drug-likeness (QED) is 0.737. The van der Waals surface area contributed by atoms with Gasteiger partial charge in [-0.15, -0.1) is 6.42 Å². The zero-order chi connectivity index (χ0) is 11.4. The van der Waals surface area contributed by atoms with E-state index in [1.165, 1.54) is 18.4 Å². The first kappa shape index (κ1) is 11.3. The molecule has 3 heteroatoms. The lowest BCUT2D eigenvalue weighted by molar-refractivity contribution is 0.284. The molecular weight excluding hydrogens is 200 g/mol. The van der Waals surface area contributed by atoms with Crippen LogP contribution in [0.3, 0.4) is 0 Å². The lowest BCUT2D eigenvalue weighted by Gasteiger charge is -2.19. The fraction of sp³-hybridized carbons (Fsp3) is 0.538. The first-order valence-corrected chi connectivity index (χ1v) is 5.74. The molecule has 1 aromatic rings. The summed E-state index contributed by atoms with van der Waals surface area (Å²) in [5.74, 6) is 4.44. The third kappa shape index (κ3) is 2.88. The fourth-order valence-electron chi connectivity index (χ4n) is 1.91. The van der Waals surface area contributed by atoms with Crippen LogP contribution in [0.1, 0.15) is 24.2 Å². The molecule has 0 aromatic carbocycles. The highest BCUT2D eigenvalue weighted by Crippen LogP contribution is 2.30. The van der Waals surface area contributed by atoms with Crippen molar-refractivity contribution in [2.24, 2.45) is 11.7 Å². The monoisotopic (exact) mass is 218 g/mol. The summed E-state index contributed by atoms with van der Waals surface area (Å²) >= 11 is 0. The molecule has 1 heterocycles. The van der Waals surface area contributed by atoms with Crippen LogP contribution in [0.2, 0.25) is 0 Å². The van der Waals surface area contributed by atoms with Crippen molar-refractivity contribution in [2.45, 2.75) is 25.9 Å². The molecule has 0 spiro atoms. The standard InChI is InChI=1S/C13H18N2O/c1-2-6-15(9-11-3-4-11)10-12-5-7-16-13(12)8-14/h1,5,7,11H,3-4,6,8-10,14H2. The van der Waals surface area contributed by atoms with E-state index in [1.807, 2.05) is 6.07 Å². The summed E-state index contributed by atoms with van der Waals surface area (Å²) in [5.41, 5.74) is 6.77. The second-order valence-corrected chi connectivity index (χ2v) is 4.39. The molecule has 16 heavy (non-hydrogen) atoms. The third-order valence-corrected chi connectivity index (χ3v) is 2.95. The minimum Gasteiger partial charge on any atom is -0.468 e. The first-order chi connectivity index (χ1) is 7.83. The Morgan fingerprint density at radius 2 is 2.38 bits per heavy atom. The third-order valence-electron chi connectivity index (χ3n) is 2.95. The van der Waals surface area contributed by atoms with Gasteiger partial charge >= 0.3 is 0 Å². The summed E-state index contributed by atoms with van der Waals surface area (Å²) in [6, 6.07) is 1.98. The highest BCUT2D eigenvalue weighted by atomic mass is 16.3. The second-order valence-electron chi connectivity index (χ2n) is 4.39. The number of hydrogen-bond donors (Lipinski definition) is 1. The van der Waals surface area contributed by atoms with Crippen LogP contribution in [-0.2, 0) is 13.1 Å². The molecule has 0 unspecified atom stereocenters. The van der Waals surface area contributed by atoms with Gasteiger partial charge in [0.15, 0.2) is 0 Å². The van der Waals surface area contributed by atoms with Gasteiger partial charge in [-0.3, -0.25) is 4.90 Å². The Bertz CT molecular complexity index is 374. The van der Waals surface area contributed by atoms with E-state index in [4.69, 9.17) is 16.6 Å². The van der Waals surface area contributed by atoms with E-state index in [-0.39, 0.29) is 0 Å². The minimum atomic E-state index is 0.454. The summed E-state index contributed by atoms with van der Waals surface area (Å²) in [4.78, 5) is 2.29. The van der Waals surface area contributed by atoms with Gasteiger partial charge in [0.1, 0.15) is 5.76 Å². The van der Waals surface area contributed by atoms with Crippen LogP contribution >= 0.6 is 0 Å². The van der Waals surface area contributed by atoms with Crippen LogP contribution in [0.25, 0.3) is 0 Å². The normalized spacial score (nSPS) is 15.3. The Balaban J connectivity index is 1.95. The van der Waals surface area contributed by atoms with E-state index in [9.17, 15) is 0 Å². The van der Waals surface area contributed by atoms with E-state index in [0.29, 0.717) is 13.1 Å². The average molecular weight is 218 g/mol. The number of hydrogen-bond acceptors (Lipinski definition) is 3. The molecule has 0 bridgehead atoms. The first-order valence-electron chi connectivity index (χ1n) is 5.74. The van der Waals surface area contributed by atoms with Crippen LogP contribution in [0.15, 0.2) is 16.7 Å². The van der Waals surface area contributed by atoms with E-state index in [0.717, 1.165) is 24.8 Å². The van der Waals surface area contributed by atoms with E-state index < -0.39 is 0 Å². The number of rotatable bonds is 6.